The zero-order valence-corrected chi connectivity index (χ0v) is 17.0. The van der Waals surface area contributed by atoms with Crippen molar-refractivity contribution < 1.29 is 4.79 Å². The van der Waals surface area contributed by atoms with Gasteiger partial charge in [0.05, 0.1) is 0 Å². The number of hydrogen-bond acceptors (Lipinski definition) is 2. The SMILES string of the molecule is CCCCC(SC)C(CC)C(=Cc1ccccc1)C(=O)c1ccccc1. The van der Waals surface area contributed by atoms with Gasteiger partial charge in [0, 0.05) is 16.4 Å². The third-order valence-corrected chi connectivity index (χ3v) is 6.02. The lowest BCUT2D eigenvalue weighted by molar-refractivity contribution is 0.102. The summed E-state index contributed by atoms with van der Waals surface area (Å²) in [5.41, 5.74) is 2.82. The van der Waals surface area contributed by atoms with Crippen molar-refractivity contribution in [1.82, 2.24) is 0 Å². The minimum atomic E-state index is 0.164. The van der Waals surface area contributed by atoms with Crippen molar-refractivity contribution in [3.05, 3.63) is 77.4 Å². The highest BCUT2D eigenvalue weighted by Crippen LogP contribution is 2.34. The summed E-state index contributed by atoms with van der Waals surface area (Å²) in [5.74, 6) is 0.432. The van der Waals surface area contributed by atoms with Crippen LogP contribution in [0.4, 0.5) is 0 Å². The summed E-state index contributed by atoms with van der Waals surface area (Å²) in [5, 5.41) is 0.475. The summed E-state index contributed by atoms with van der Waals surface area (Å²) in [4.78, 5) is 13.4. The van der Waals surface area contributed by atoms with Gasteiger partial charge >= 0.3 is 0 Å². The fourth-order valence-electron chi connectivity index (χ4n) is 3.40. The molecule has 0 heterocycles. The van der Waals surface area contributed by atoms with Crippen LogP contribution in [0.3, 0.4) is 0 Å². The summed E-state index contributed by atoms with van der Waals surface area (Å²) in [7, 11) is 0. The number of benzene rings is 2. The van der Waals surface area contributed by atoms with Crippen LogP contribution in [0.25, 0.3) is 6.08 Å². The Morgan fingerprint density at radius 1 is 1.00 bits per heavy atom. The highest BCUT2D eigenvalue weighted by Gasteiger charge is 2.27. The Morgan fingerprint density at radius 2 is 1.62 bits per heavy atom. The molecule has 138 valence electrons. The molecule has 2 rings (SSSR count). The van der Waals surface area contributed by atoms with E-state index in [1.165, 1.54) is 12.8 Å². The van der Waals surface area contributed by atoms with Gasteiger partial charge in [0.2, 0.25) is 0 Å². The Labute approximate surface area is 162 Å². The van der Waals surface area contributed by atoms with E-state index in [0.717, 1.165) is 29.5 Å². The van der Waals surface area contributed by atoms with Gasteiger partial charge in [0.1, 0.15) is 0 Å². The number of thioether (sulfide) groups is 1. The maximum atomic E-state index is 13.4. The standard InChI is InChI=1S/C24H30OS/c1-4-6-17-23(26-3)21(5-2)22(18-19-13-9-7-10-14-19)24(25)20-15-11-8-12-16-20/h7-16,18,21,23H,4-6,17H2,1-3H3. The number of carbonyl (C=O) groups is 1. The molecule has 26 heavy (non-hydrogen) atoms. The van der Waals surface area contributed by atoms with Crippen LogP contribution >= 0.6 is 11.8 Å². The second-order valence-corrected chi connectivity index (χ2v) is 7.71. The van der Waals surface area contributed by atoms with Crippen LogP contribution < -0.4 is 0 Å². The molecule has 0 bridgehead atoms. The molecule has 2 heteroatoms. The van der Waals surface area contributed by atoms with Crippen molar-refractivity contribution in [2.45, 2.75) is 44.8 Å². The Hall–Kier alpha value is -1.80. The molecule has 0 N–H and O–H groups in total. The van der Waals surface area contributed by atoms with Gasteiger partial charge in [-0.25, -0.2) is 0 Å². The molecule has 0 amide bonds. The Balaban J connectivity index is 2.44. The van der Waals surface area contributed by atoms with Crippen molar-refractivity contribution in [2.75, 3.05) is 6.26 Å². The van der Waals surface area contributed by atoms with Crippen LogP contribution in [0, 0.1) is 5.92 Å². The van der Waals surface area contributed by atoms with Gasteiger partial charge in [-0.05, 0) is 36.7 Å². The molecule has 0 radical (unpaired) electrons. The molecule has 2 aromatic rings. The molecule has 0 saturated carbocycles. The van der Waals surface area contributed by atoms with Crippen molar-refractivity contribution in [1.29, 1.82) is 0 Å². The summed E-state index contributed by atoms with van der Waals surface area (Å²) in [6.07, 6.45) is 8.82. The maximum Gasteiger partial charge on any atom is 0.189 e. The van der Waals surface area contributed by atoms with Gasteiger partial charge in [-0.15, -0.1) is 0 Å². The first kappa shape index (κ1) is 20.5. The minimum Gasteiger partial charge on any atom is -0.289 e. The van der Waals surface area contributed by atoms with Crippen LogP contribution in [0.2, 0.25) is 0 Å². The first-order valence-corrected chi connectivity index (χ1v) is 10.9. The number of rotatable bonds is 10. The van der Waals surface area contributed by atoms with E-state index in [-0.39, 0.29) is 11.7 Å². The first-order valence-electron chi connectivity index (χ1n) is 9.60. The fraction of sp³-hybridized carbons (Fsp3) is 0.375. The summed E-state index contributed by atoms with van der Waals surface area (Å²) in [6.45, 7) is 4.44. The van der Waals surface area contributed by atoms with Crippen LogP contribution in [0.5, 0.6) is 0 Å². The topological polar surface area (TPSA) is 17.1 Å². The number of unbranched alkanes of at least 4 members (excludes halogenated alkanes) is 1. The van der Waals surface area contributed by atoms with Gasteiger partial charge < -0.3 is 0 Å². The molecule has 2 unspecified atom stereocenters. The Morgan fingerprint density at radius 3 is 2.15 bits per heavy atom. The summed E-state index contributed by atoms with van der Waals surface area (Å²) < 4.78 is 0. The molecular formula is C24H30OS. The predicted molar refractivity (Wildman–Crippen MR) is 116 cm³/mol. The summed E-state index contributed by atoms with van der Waals surface area (Å²) in [6, 6.07) is 19.9. The largest absolute Gasteiger partial charge is 0.289 e. The van der Waals surface area contributed by atoms with Gasteiger partial charge in [-0.2, -0.15) is 11.8 Å². The summed E-state index contributed by atoms with van der Waals surface area (Å²) >= 11 is 1.90. The quantitative estimate of drug-likeness (QED) is 0.336. The number of allylic oxidation sites excluding steroid dienone is 1. The van der Waals surface area contributed by atoms with E-state index < -0.39 is 0 Å². The molecular weight excluding hydrogens is 336 g/mol. The van der Waals surface area contributed by atoms with Crippen LogP contribution in [-0.4, -0.2) is 17.3 Å². The molecule has 2 atom stereocenters. The van der Waals surface area contributed by atoms with E-state index in [0.29, 0.717) is 5.25 Å². The molecule has 1 nitrogen and oxygen atoms in total. The average Bonchev–Trinajstić information content (AvgIpc) is 2.70. The number of hydrogen-bond donors (Lipinski definition) is 0. The predicted octanol–water partition coefficient (Wildman–Crippen LogP) is 6.90. The molecule has 0 saturated heterocycles. The maximum absolute atomic E-state index is 13.4. The number of ketones is 1. The molecule has 0 aliphatic carbocycles. The van der Waals surface area contributed by atoms with Crippen molar-refractivity contribution >= 4 is 23.6 Å². The van der Waals surface area contributed by atoms with Gasteiger partial charge in [-0.1, -0.05) is 87.4 Å². The van der Waals surface area contributed by atoms with Crippen molar-refractivity contribution in [3.63, 3.8) is 0 Å². The second kappa shape index (κ2) is 11.0. The van der Waals surface area contributed by atoms with Crippen molar-refractivity contribution in [3.8, 4) is 0 Å². The number of carbonyl (C=O) groups excluding carboxylic acids is 1. The smallest absolute Gasteiger partial charge is 0.189 e. The van der Waals surface area contributed by atoms with Gasteiger partial charge in [-0.3, -0.25) is 4.79 Å². The van der Waals surface area contributed by atoms with Gasteiger partial charge in [0.15, 0.2) is 5.78 Å². The zero-order valence-electron chi connectivity index (χ0n) is 16.2. The monoisotopic (exact) mass is 366 g/mol. The lowest BCUT2D eigenvalue weighted by Crippen LogP contribution is -2.23. The minimum absolute atomic E-state index is 0.164. The third-order valence-electron chi connectivity index (χ3n) is 4.85. The Kier molecular flexibility index (Phi) is 8.70. The molecule has 0 aliphatic rings. The second-order valence-electron chi connectivity index (χ2n) is 6.64. The van der Waals surface area contributed by atoms with Gasteiger partial charge in [0.25, 0.3) is 0 Å². The Bertz CT molecular complexity index is 691. The van der Waals surface area contributed by atoms with Crippen molar-refractivity contribution in [2.24, 2.45) is 5.92 Å². The average molecular weight is 367 g/mol. The molecule has 0 aliphatic heterocycles. The molecule has 2 aromatic carbocycles. The van der Waals surface area contributed by atoms with E-state index in [1.54, 1.807) is 0 Å². The zero-order chi connectivity index (χ0) is 18.8. The molecule has 0 spiro atoms. The molecule has 0 aromatic heterocycles. The van der Waals surface area contributed by atoms with E-state index in [9.17, 15) is 4.79 Å². The first-order chi connectivity index (χ1) is 12.7. The highest BCUT2D eigenvalue weighted by molar-refractivity contribution is 7.99. The fourth-order valence-corrected chi connectivity index (χ4v) is 4.47. The van der Waals surface area contributed by atoms with Crippen LogP contribution in [-0.2, 0) is 0 Å². The molecule has 0 fully saturated rings. The normalized spacial score (nSPS) is 14.0. The van der Waals surface area contributed by atoms with Crippen LogP contribution in [0.1, 0.15) is 55.5 Å². The number of Topliss-reactive ketones (excluding diaryl/α,β-unsaturated/α-hetero) is 1. The third kappa shape index (κ3) is 5.60. The van der Waals surface area contributed by atoms with E-state index >= 15 is 0 Å². The van der Waals surface area contributed by atoms with E-state index in [4.69, 9.17) is 0 Å². The lowest BCUT2D eigenvalue weighted by Gasteiger charge is -2.27. The van der Waals surface area contributed by atoms with Crippen LogP contribution in [0.15, 0.2) is 66.2 Å². The van der Waals surface area contributed by atoms with E-state index in [1.807, 2.05) is 60.3 Å². The van der Waals surface area contributed by atoms with E-state index in [2.05, 4.69) is 38.3 Å². The lowest BCUT2D eigenvalue weighted by atomic mass is 9.84. The highest BCUT2D eigenvalue weighted by atomic mass is 32.2.